The van der Waals surface area contributed by atoms with Gasteiger partial charge in [-0.15, -0.1) is 0 Å². The predicted octanol–water partition coefficient (Wildman–Crippen LogP) is 1.09. The first-order valence-electron chi connectivity index (χ1n) is 8.21. The molecule has 0 radical (unpaired) electrons. The van der Waals surface area contributed by atoms with Gasteiger partial charge in [-0.3, -0.25) is 4.90 Å². The van der Waals surface area contributed by atoms with Crippen molar-refractivity contribution in [1.82, 2.24) is 19.8 Å². The Morgan fingerprint density at radius 3 is 2.68 bits per heavy atom. The topological polar surface area (TPSA) is 44.7 Å². The van der Waals surface area contributed by atoms with Crippen LogP contribution in [0.15, 0.2) is 12.3 Å². The van der Waals surface area contributed by atoms with Crippen LogP contribution in [0.1, 0.15) is 19.3 Å². The van der Waals surface area contributed by atoms with Crippen molar-refractivity contribution in [2.45, 2.75) is 31.3 Å². The van der Waals surface area contributed by atoms with E-state index in [0.717, 1.165) is 31.9 Å². The van der Waals surface area contributed by atoms with Gasteiger partial charge in [-0.25, -0.2) is 4.98 Å². The fourth-order valence-electron chi connectivity index (χ4n) is 3.42. The van der Waals surface area contributed by atoms with Gasteiger partial charge < -0.3 is 14.5 Å². The first kappa shape index (κ1) is 15.5. The van der Waals surface area contributed by atoms with Crippen molar-refractivity contribution in [1.29, 1.82) is 0 Å². The van der Waals surface area contributed by atoms with Crippen molar-refractivity contribution >= 4 is 5.82 Å². The van der Waals surface area contributed by atoms with E-state index in [4.69, 9.17) is 4.74 Å². The average molecular weight is 305 g/mol. The Morgan fingerprint density at radius 2 is 2.00 bits per heavy atom. The number of anilines is 1. The number of aromatic nitrogens is 2. The number of rotatable bonds is 6. The van der Waals surface area contributed by atoms with Gasteiger partial charge in [0.2, 0.25) is 0 Å². The fourth-order valence-corrected chi connectivity index (χ4v) is 3.42. The van der Waals surface area contributed by atoms with Crippen LogP contribution in [0.2, 0.25) is 0 Å². The van der Waals surface area contributed by atoms with E-state index in [1.807, 2.05) is 12.3 Å². The van der Waals surface area contributed by atoms with Crippen LogP contribution in [0.3, 0.4) is 0 Å². The first-order chi connectivity index (χ1) is 10.6. The molecule has 6 nitrogen and oxygen atoms in total. The summed E-state index contributed by atoms with van der Waals surface area (Å²) >= 11 is 0. The minimum absolute atomic E-state index is 0.502. The molecule has 1 aromatic heterocycles. The second kappa shape index (κ2) is 6.79. The number of nitrogens with zero attached hydrogens (tertiary/aromatic N) is 5. The van der Waals surface area contributed by atoms with Crippen LogP contribution in [0.4, 0.5) is 5.82 Å². The maximum absolute atomic E-state index is 5.69. The highest BCUT2D eigenvalue weighted by Gasteiger charge is 2.37. The average Bonchev–Trinajstić information content (AvgIpc) is 2.74. The summed E-state index contributed by atoms with van der Waals surface area (Å²) in [5.74, 6) is 1.00. The lowest BCUT2D eigenvalue weighted by Crippen LogP contribution is -2.52. The molecular formula is C16H27N5O. The van der Waals surface area contributed by atoms with Crippen LogP contribution in [0.5, 0.6) is 6.01 Å². The number of likely N-dealkylation sites (N-methyl/N-ethyl adjacent to an activating group) is 1. The molecule has 0 aromatic carbocycles. The molecule has 0 saturated carbocycles. The molecule has 0 N–H and O–H groups in total. The molecule has 6 heteroatoms. The second-order valence-electron chi connectivity index (χ2n) is 6.66. The van der Waals surface area contributed by atoms with Crippen LogP contribution in [0, 0.1) is 0 Å². The Balaban J connectivity index is 1.57. The van der Waals surface area contributed by atoms with Crippen LogP contribution >= 0.6 is 0 Å². The number of hydrogen-bond donors (Lipinski definition) is 0. The first-order valence-corrected chi connectivity index (χ1v) is 8.21. The number of hydrogen-bond acceptors (Lipinski definition) is 6. The molecule has 2 atom stereocenters. The maximum atomic E-state index is 5.69. The van der Waals surface area contributed by atoms with Crippen molar-refractivity contribution in [3.05, 3.63) is 12.3 Å². The Labute approximate surface area is 133 Å². The lowest BCUT2D eigenvalue weighted by molar-refractivity contribution is 0.211. The van der Waals surface area contributed by atoms with Gasteiger partial charge in [0.1, 0.15) is 5.82 Å². The molecule has 2 fully saturated rings. The van der Waals surface area contributed by atoms with Crippen molar-refractivity contribution in [3.63, 3.8) is 0 Å². The molecule has 122 valence electrons. The number of ether oxygens (including phenoxy) is 1. The van der Waals surface area contributed by atoms with Gasteiger partial charge in [-0.2, -0.15) is 4.98 Å². The molecule has 22 heavy (non-hydrogen) atoms. The van der Waals surface area contributed by atoms with Gasteiger partial charge in [-0.1, -0.05) is 0 Å². The zero-order valence-electron chi connectivity index (χ0n) is 13.9. The van der Waals surface area contributed by atoms with Gasteiger partial charge in [0.25, 0.3) is 0 Å². The maximum Gasteiger partial charge on any atom is 0.318 e. The van der Waals surface area contributed by atoms with E-state index in [-0.39, 0.29) is 0 Å². The summed E-state index contributed by atoms with van der Waals surface area (Å²) in [4.78, 5) is 15.9. The van der Waals surface area contributed by atoms with E-state index in [2.05, 4.69) is 45.8 Å². The van der Waals surface area contributed by atoms with Crippen LogP contribution in [-0.4, -0.2) is 79.2 Å². The summed E-state index contributed by atoms with van der Waals surface area (Å²) in [5, 5.41) is 0. The molecule has 0 aliphatic carbocycles. The van der Waals surface area contributed by atoms with Crippen molar-refractivity contribution in [3.8, 4) is 6.01 Å². The highest BCUT2D eigenvalue weighted by molar-refractivity contribution is 5.40. The molecule has 2 saturated heterocycles. The van der Waals surface area contributed by atoms with Gasteiger partial charge >= 0.3 is 6.01 Å². The summed E-state index contributed by atoms with van der Waals surface area (Å²) in [6, 6.07) is 3.83. The molecular weight excluding hydrogens is 278 g/mol. The number of piperazine rings is 1. The van der Waals surface area contributed by atoms with Gasteiger partial charge in [0, 0.05) is 37.9 Å². The Morgan fingerprint density at radius 1 is 1.27 bits per heavy atom. The van der Waals surface area contributed by atoms with E-state index in [1.165, 1.54) is 12.8 Å². The molecule has 2 aliphatic heterocycles. The Kier molecular flexibility index (Phi) is 4.78. The summed E-state index contributed by atoms with van der Waals surface area (Å²) in [7, 11) is 6.39. The Hall–Kier alpha value is -1.40. The van der Waals surface area contributed by atoms with Gasteiger partial charge in [0.15, 0.2) is 0 Å². The lowest BCUT2D eigenvalue weighted by Gasteiger charge is -2.39. The van der Waals surface area contributed by atoms with E-state index >= 15 is 0 Å². The molecule has 1 aromatic rings. The quantitative estimate of drug-likeness (QED) is 0.733. The monoisotopic (exact) mass is 305 g/mol. The van der Waals surface area contributed by atoms with E-state index in [0.29, 0.717) is 24.7 Å². The molecule has 3 rings (SSSR count). The fraction of sp³-hybridized carbons (Fsp3) is 0.750. The summed E-state index contributed by atoms with van der Waals surface area (Å²) in [5.41, 5.74) is 0. The third-order valence-corrected chi connectivity index (χ3v) is 4.77. The minimum atomic E-state index is 0.502. The third kappa shape index (κ3) is 3.50. The molecule has 3 heterocycles. The lowest BCUT2D eigenvalue weighted by atomic mass is 10.2. The summed E-state index contributed by atoms with van der Waals surface area (Å²) in [6.07, 6.45) is 5.40. The molecule has 2 aliphatic rings. The van der Waals surface area contributed by atoms with Crippen molar-refractivity contribution in [2.75, 3.05) is 52.3 Å². The third-order valence-electron chi connectivity index (χ3n) is 4.77. The van der Waals surface area contributed by atoms with Crippen LogP contribution < -0.4 is 9.64 Å². The second-order valence-corrected chi connectivity index (χ2v) is 6.66. The zero-order chi connectivity index (χ0) is 15.5. The largest absolute Gasteiger partial charge is 0.463 e. The van der Waals surface area contributed by atoms with E-state index in [1.54, 1.807) is 0 Å². The van der Waals surface area contributed by atoms with E-state index in [9.17, 15) is 0 Å². The zero-order valence-corrected chi connectivity index (χ0v) is 13.9. The van der Waals surface area contributed by atoms with Crippen LogP contribution in [0.25, 0.3) is 0 Å². The van der Waals surface area contributed by atoms with Gasteiger partial charge in [0.05, 0.1) is 6.61 Å². The predicted molar refractivity (Wildman–Crippen MR) is 87.5 cm³/mol. The van der Waals surface area contributed by atoms with Gasteiger partial charge in [-0.05, 0) is 46.5 Å². The van der Waals surface area contributed by atoms with Crippen molar-refractivity contribution in [2.24, 2.45) is 0 Å². The molecule has 0 amide bonds. The SMILES string of the molecule is CN(C)CCCOc1nccc(N2CC3CCC(C2)N3C)n1. The van der Waals surface area contributed by atoms with Crippen LogP contribution in [-0.2, 0) is 0 Å². The van der Waals surface area contributed by atoms with Crippen molar-refractivity contribution < 1.29 is 4.74 Å². The highest BCUT2D eigenvalue weighted by Crippen LogP contribution is 2.30. The van der Waals surface area contributed by atoms with E-state index < -0.39 is 0 Å². The molecule has 2 bridgehead atoms. The molecule has 2 unspecified atom stereocenters. The Bertz CT molecular complexity index is 481. The summed E-state index contributed by atoms with van der Waals surface area (Å²) < 4.78 is 5.69. The summed E-state index contributed by atoms with van der Waals surface area (Å²) in [6.45, 7) is 3.80. The standard InChI is InChI=1S/C16H27N5O/c1-19(2)9-4-10-22-16-17-8-7-15(18-16)21-11-13-5-6-14(12-21)20(13)3/h7-8,13-14H,4-6,9-12H2,1-3H3. The normalized spacial score (nSPS) is 25.0. The highest BCUT2D eigenvalue weighted by atomic mass is 16.5. The smallest absolute Gasteiger partial charge is 0.318 e. The minimum Gasteiger partial charge on any atom is -0.463 e. The molecule has 0 spiro atoms. The number of fused-ring (bicyclic) bond motifs is 2.